The predicted molar refractivity (Wildman–Crippen MR) is 98.1 cm³/mol. The number of nitrogens with one attached hydrogen (secondary N) is 1. The van der Waals surface area contributed by atoms with Crippen molar-refractivity contribution >= 4 is 23.1 Å². The van der Waals surface area contributed by atoms with Crippen molar-refractivity contribution in [3.05, 3.63) is 53.6 Å². The van der Waals surface area contributed by atoms with Crippen molar-refractivity contribution in [1.29, 1.82) is 0 Å². The van der Waals surface area contributed by atoms with Gasteiger partial charge in [0.15, 0.2) is 5.78 Å². The second-order valence-electron chi connectivity index (χ2n) is 5.51. The maximum Gasteiger partial charge on any atom is 0.250 e. The average molecular weight is 358 g/mol. The van der Waals surface area contributed by atoms with E-state index in [9.17, 15) is 9.59 Å². The number of primary amides is 1. The topological polar surface area (TPSA) is 111 Å². The van der Waals surface area contributed by atoms with E-state index in [0.717, 1.165) is 5.69 Å². The van der Waals surface area contributed by atoms with Gasteiger partial charge in [-0.3, -0.25) is 9.59 Å². The molecule has 2 rings (SSSR count). The first-order chi connectivity index (χ1) is 12.5. The molecule has 0 spiro atoms. The molecule has 0 atom stereocenters. The third-order valence-corrected chi connectivity index (χ3v) is 3.56. The van der Waals surface area contributed by atoms with Crippen LogP contribution in [-0.4, -0.2) is 43.2 Å². The number of Topliss-reactive ketones (excluding diaryl/α,β-unsaturated/α-hetero) is 1. The van der Waals surface area contributed by atoms with Gasteiger partial charge in [-0.05, 0) is 43.3 Å². The molecule has 0 heterocycles. The quantitative estimate of drug-likeness (QED) is 0.443. The minimum absolute atomic E-state index is 0.0154. The van der Waals surface area contributed by atoms with Gasteiger partial charge in [-0.1, -0.05) is 6.07 Å². The van der Waals surface area contributed by atoms with Crippen molar-refractivity contribution in [2.45, 2.75) is 6.92 Å². The minimum atomic E-state index is -0.578. The number of hydrogen-bond acceptors (Lipinski definition) is 6. The van der Waals surface area contributed by atoms with E-state index < -0.39 is 5.91 Å². The van der Waals surface area contributed by atoms with Gasteiger partial charge in [0.2, 0.25) is 0 Å². The second kappa shape index (κ2) is 9.55. The summed E-state index contributed by atoms with van der Waals surface area (Å²) in [5.41, 5.74) is 7.37. The Morgan fingerprint density at radius 3 is 2.42 bits per heavy atom. The Kier molecular flexibility index (Phi) is 7.13. The molecule has 2 aromatic carbocycles. The number of ether oxygens (including phenoxy) is 2. The summed E-state index contributed by atoms with van der Waals surface area (Å²) < 4.78 is 10.6. The van der Waals surface area contributed by atoms with E-state index in [-0.39, 0.29) is 19.0 Å². The molecule has 2 aromatic rings. The fourth-order valence-corrected chi connectivity index (χ4v) is 2.26. The summed E-state index contributed by atoms with van der Waals surface area (Å²) in [6.07, 6.45) is 0. The first-order valence-corrected chi connectivity index (χ1v) is 8.14. The Morgan fingerprint density at radius 2 is 1.81 bits per heavy atom. The number of carbonyl (C=O) groups excluding carboxylic acids is 2. The Bertz CT molecular complexity index is 759. The normalized spacial score (nSPS) is 10.4. The van der Waals surface area contributed by atoms with Crippen molar-refractivity contribution in [2.75, 3.05) is 31.7 Å². The lowest BCUT2D eigenvalue weighted by Crippen LogP contribution is -2.14. The van der Waals surface area contributed by atoms with Gasteiger partial charge in [0.25, 0.3) is 5.91 Å². The maximum absolute atomic E-state index is 11.6. The van der Waals surface area contributed by atoms with Gasteiger partial charge in [-0.15, -0.1) is 0 Å². The monoisotopic (exact) mass is 358 g/mol. The van der Waals surface area contributed by atoms with Crippen LogP contribution in [0, 0.1) is 0 Å². The van der Waals surface area contributed by atoms with E-state index in [1.165, 1.54) is 13.0 Å². The van der Waals surface area contributed by atoms with Crippen molar-refractivity contribution in [3.63, 3.8) is 0 Å². The molecule has 0 bridgehead atoms. The number of aliphatic hydroxyl groups excluding tert-OH is 1. The molecular weight excluding hydrogens is 336 g/mol. The van der Waals surface area contributed by atoms with E-state index in [1.54, 1.807) is 36.4 Å². The molecule has 0 unspecified atom stereocenters. The molecule has 1 amide bonds. The van der Waals surface area contributed by atoms with E-state index in [2.05, 4.69) is 5.32 Å². The highest BCUT2D eigenvalue weighted by Gasteiger charge is 2.11. The lowest BCUT2D eigenvalue weighted by atomic mass is 10.1. The zero-order chi connectivity index (χ0) is 18.9. The van der Waals surface area contributed by atoms with Crippen LogP contribution in [0.4, 0.5) is 11.4 Å². The Balaban J connectivity index is 2.05. The fraction of sp³-hybridized carbons (Fsp3) is 0.263. The highest BCUT2D eigenvalue weighted by molar-refractivity contribution is 6.02. The van der Waals surface area contributed by atoms with Gasteiger partial charge in [-0.2, -0.15) is 0 Å². The maximum atomic E-state index is 11.6. The molecule has 7 heteroatoms. The summed E-state index contributed by atoms with van der Waals surface area (Å²) in [6, 6.07) is 11.8. The number of benzene rings is 2. The van der Waals surface area contributed by atoms with Crippen LogP contribution in [0.25, 0.3) is 0 Å². The highest BCUT2D eigenvalue weighted by Crippen LogP contribution is 2.24. The van der Waals surface area contributed by atoms with Crippen molar-refractivity contribution in [1.82, 2.24) is 0 Å². The van der Waals surface area contributed by atoms with Gasteiger partial charge >= 0.3 is 0 Å². The third-order valence-electron chi connectivity index (χ3n) is 3.56. The summed E-state index contributed by atoms with van der Waals surface area (Å²) >= 11 is 0. The van der Waals surface area contributed by atoms with Gasteiger partial charge in [0, 0.05) is 11.3 Å². The molecule has 7 nitrogen and oxygen atoms in total. The van der Waals surface area contributed by atoms with Gasteiger partial charge in [0.05, 0.1) is 31.1 Å². The zero-order valence-corrected chi connectivity index (χ0v) is 14.5. The Morgan fingerprint density at radius 1 is 1.08 bits per heavy atom. The SMILES string of the molecule is CC(=O)c1ccc(C(N)=O)c(Nc2ccc(OCCOCCO)cc2)c1. The Hall–Kier alpha value is -2.90. The van der Waals surface area contributed by atoms with Crippen LogP contribution in [0.3, 0.4) is 0 Å². The molecule has 4 N–H and O–H groups in total. The molecule has 0 aliphatic carbocycles. The lowest BCUT2D eigenvalue weighted by molar-refractivity contribution is 0.0705. The fourth-order valence-electron chi connectivity index (χ4n) is 2.26. The van der Waals surface area contributed by atoms with Crippen LogP contribution in [-0.2, 0) is 4.74 Å². The zero-order valence-electron chi connectivity index (χ0n) is 14.5. The number of hydrogen-bond donors (Lipinski definition) is 3. The predicted octanol–water partition coefficient (Wildman–Crippen LogP) is 2.12. The minimum Gasteiger partial charge on any atom is -0.491 e. The van der Waals surface area contributed by atoms with Crippen LogP contribution >= 0.6 is 0 Å². The van der Waals surface area contributed by atoms with E-state index in [1.807, 2.05) is 0 Å². The van der Waals surface area contributed by atoms with Crippen LogP contribution in [0.5, 0.6) is 5.75 Å². The number of carbonyl (C=O) groups is 2. The third kappa shape index (κ3) is 5.58. The molecule has 0 radical (unpaired) electrons. The number of amides is 1. The van der Waals surface area contributed by atoms with Crippen LogP contribution in [0.15, 0.2) is 42.5 Å². The van der Waals surface area contributed by atoms with Crippen LogP contribution in [0.2, 0.25) is 0 Å². The van der Waals surface area contributed by atoms with E-state index in [0.29, 0.717) is 35.8 Å². The molecule has 0 fully saturated rings. The smallest absolute Gasteiger partial charge is 0.250 e. The second-order valence-corrected chi connectivity index (χ2v) is 5.51. The summed E-state index contributed by atoms with van der Waals surface area (Å²) in [4.78, 5) is 23.1. The lowest BCUT2D eigenvalue weighted by Gasteiger charge is -2.12. The number of anilines is 2. The largest absolute Gasteiger partial charge is 0.491 e. The first-order valence-electron chi connectivity index (χ1n) is 8.14. The molecule has 0 aromatic heterocycles. The first kappa shape index (κ1) is 19.4. The number of aliphatic hydroxyl groups is 1. The molecule has 0 saturated carbocycles. The van der Waals surface area contributed by atoms with Gasteiger partial charge < -0.3 is 25.6 Å². The molecule has 0 saturated heterocycles. The van der Waals surface area contributed by atoms with Crippen molar-refractivity contribution in [2.24, 2.45) is 5.73 Å². The summed E-state index contributed by atoms with van der Waals surface area (Å²) in [5.74, 6) is -0.0163. The van der Waals surface area contributed by atoms with Crippen molar-refractivity contribution < 1.29 is 24.2 Å². The molecule has 0 aliphatic heterocycles. The molecule has 26 heavy (non-hydrogen) atoms. The van der Waals surface area contributed by atoms with E-state index in [4.69, 9.17) is 20.3 Å². The van der Waals surface area contributed by atoms with Crippen LogP contribution in [0.1, 0.15) is 27.6 Å². The average Bonchev–Trinajstić information content (AvgIpc) is 2.62. The van der Waals surface area contributed by atoms with Crippen molar-refractivity contribution in [3.8, 4) is 5.75 Å². The molecule has 0 aliphatic rings. The molecular formula is C19H22N2O5. The Labute approximate surface area is 151 Å². The van der Waals surface area contributed by atoms with Gasteiger partial charge in [0.1, 0.15) is 12.4 Å². The van der Waals surface area contributed by atoms with Gasteiger partial charge in [-0.25, -0.2) is 0 Å². The number of nitrogens with two attached hydrogens (primary N) is 1. The number of rotatable bonds is 10. The highest BCUT2D eigenvalue weighted by atomic mass is 16.5. The summed E-state index contributed by atoms with van der Waals surface area (Å²) in [5, 5.41) is 11.7. The summed E-state index contributed by atoms with van der Waals surface area (Å²) in [7, 11) is 0. The molecule has 138 valence electrons. The summed E-state index contributed by atoms with van der Waals surface area (Å²) in [6.45, 7) is 2.49. The van der Waals surface area contributed by atoms with Crippen LogP contribution < -0.4 is 15.8 Å². The standard InChI is InChI=1S/C19H22N2O5/c1-13(23)14-2-7-17(19(20)24)18(12-14)21-15-3-5-16(6-4-15)26-11-10-25-9-8-22/h2-7,12,21-22H,8-11H2,1H3,(H2,20,24). The van der Waals surface area contributed by atoms with E-state index >= 15 is 0 Å². The number of ketones is 1.